The fourth-order valence-corrected chi connectivity index (χ4v) is 6.41. The van der Waals surface area contributed by atoms with Gasteiger partial charge in [0.15, 0.2) is 5.78 Å². The SMILES string of the molecule is CCCC(C=C(C)CC(C)CC(OC)C(O)C(CC(C)C(=O)O)OC)C(=O)C=CC(C)C(O)C(C)=CC1CCC(O)C(OC)C1. The first-order valence-electron chi connectivity index (χ1n) is 16.6. The van der Waals surface area contributed by atoms with Gasteiger partial charge in [-0.2, -0.15) is 0 Å². The van der Waals surface area contributed by atoms with E-state index in [1.54, 1.807) is 26.2 Å². The van der Waals surface area contributed by atoms with Crippen molar-refractivity contribution in [1.82, 2.24) is 0 Å². The highest BCUT2D eigenvalue weighted by Crippen LogP contribution is 2.30. The Bertz CT molecular complexity index is 974. The average Bonchev–Trinajstić information content (AvgIpc) is 3.00. The summed E-state index contributed by atoms with van der Waals surface area (Å²) in [7, 11) is 4.61. The summed E-state index contributed by atoms with van der Waals surface area (Å²) in [5.41, 5.74) is 1.94. The summed E-state index contributed by atoms with van der Waals surface area (Å²) in [5.74, 6) is -1.71. The molecule has 0 amide bonds. The Morgan fingerprint density at radius 1 is 0.978 bits per heavy atom. The highest BCUT2D eigenvalue weighted by molar-refractivity contribution is 5.93. The van der Waals surface area contributed by atoms with E-state index in [0.29, 0.717) is 19.3 Å². The predicted octanol–water partition coefficient (Wildman–Crippen LogP) is 5.51. The number of rotatable bonds is 21. The van der Waals surface area contributed by atoms with Crippen LogP contribution in [-0.4, -0.2) is 90.1 Å². The number of aliphatic carboxylic acids is 1. The molecule has 1 saturated carbocycles. The highest BCUT2D eigenvalue weighted by atomic mass is 16.5. The maximum absolute atomic E-state index is 13.3. The van der Waals surface area contributed by atoms with Gasteiger partial charge in [-0.3, -0.25) is 9.59 Å². The summed E-state index contributed by atoms with van der Waals surface area (Å²) < 4.78 is 16.4. The number of carbonyl (C=O) groups is 2. The molecule has 0 aliphatic heterocycles. The lowest BCUT2D eigenvalue weighted by Gasteiger charge is -2.31. The molecule has 1 fully saturated rings. The van der Waals surface area contributed by atoms with Crippen LogP contribution in [0.15, 0.2) is 35.5 Å². The van der Waals surface area contributed by atoms with Gasteiger partial charge in [0.05, 0.1) is 36.4 Å². The fourth-order valence-electron chi connectivity index (χ4n) is 6.41. The molecule has 0 aromatic heterocycles. The van der Waals surface area contributed by atoms with Crippen LogP contribution in [-0.2, 0) is 23.8 Å². The molecule has 260 valence electrons. The third-order valence-corrected chi connectivity index (χ3v) is 9.26. The number of ether oxygens (including phenoxy) is 3. The van der Waals surface area contributed by atoms with Crippen molar-refractivity contribution in [3.63, 3.8) is 0 Å². The van der Waals surface area contributed by atoms with Gasteiger partial charge in [0.1, 0.15) is 6.10 Å². The van der Waals surface area contributed by atoms with Crippen LogP contribution in [0.3, 0.4) is 0 Å². The molecule has 0 heterocycles. The second kappa shape index (κ2) is 21.1. The van der Waals surface area contributed by atoms with Crippen molar-refractivity contribution in [2.45, 2.75) is 130 Å². The zero-order valence-electron chi connectivity index (χ0n) is 29.1. The van der Waals surface area contributed by atoms with Crippen LogP contribution in [0.2, 0.25) is 0 Å². The molecule has 45 heavy (non-hydrogen) atoms. The average molecular weight is 639 g/mol. The molecule has 9 nitrogen and oxygen atoms in total. The van der Waals surface area contributed by atoms with E-state index in [4.69, 9.17) is 14.2 Å². The quantitative estimate of drug-likeness (QED) is 0.0945. The smallest absolute Gasteiger partial charge is 0.306 e. The minimum atomic E-state index is -0.971. The van der Waals surface area contributed by atoms with Crippen molar-refractivity contribution in [2.75, 3.05) is 21.3 Å². The van der Waals surface area contributed by atoms with Gasteiger partial charge in [-0.25, -0.2) is 0 Å². The van der Waals surface area contributed by atoms with E-state index in [0.717, 1.165) is 36.8 Å². The Morgan fingerprint density at radius 2 is 1.60 bits per heavy atom. The molecule has 0 bridgehead atoms. The summed E-state index contributed by atoms with van der Waals surface area (Å²) in [6.07, 6.45) is 9.29. The Morgan fingerprint density at radius 3 is 2.16 bits per heavy atom. The zero-order valence-corrected chi connectivity index (χ0v) is 29.1. The molecule has 0 saturated heterocycles. The molecule has 11 unspecified atom stereocenters. The molecule has 1 rings (SSSR count). The number of aliphatic hydroxyl groups excluding tert-OH is 3. The Labute approximate surface area is 271 Å². The number of carbonyl (C=O) groups excluding carboxylic acids is 1. The van der Waals surface area contributed by atoms with Gasteiger partial charge in [-0.1, -0.05) is 57.9 Å². The van der Waals surface area contributed by atoms with Crippen LogP contribution in [0.5, 0.6) is 0 Å². The van der Waals surface area contributed by atoms with Crippen molar-refractivity contribution >= 4 is 11.8 Å². The zero-order chi connectivity index (χ0) is 34.3. The molecular weight excluding hydrogens is 576 g/mol. The molecule has 0 aromatic rings. The van der Waals surface area contributed by atoms with Crippen molar-refractivity contribution < 1.29 is 44.2 Å². The number of allylic oxidation sites excluding steroid dienone is 4. The largest absolute Gasteiger partial charge is 0.481 e. The Hall–Kier alpha value is -1.88. The highest BCUT2D eigenvalue weighted by Gasteiger charge is 2.32. The maximum atomic E-state index is 13.3. The molecule has 0 spiro atoms. The first-order chi connectivity index (χ1) is 21.2. The van der Waals surface area contributed by atoms with Crippen LogP contribution < -0.4 is 0 Å². The van der Waals surface area contributed by atoms with Gasteiger partial charge in [-0.15, -0.1) is 0 Å². The van der Waals surface area contributed by atoms with Crippen LogP contribution >= 0.6 is 0 Å². The van der Waals surface area contributed by atoms with Crippen molar-refractivity contribution in [2.24, 2.45) is 29.6 Å². The first-order valence-corrected chi connectivity index (χ1v) is 16.6. The lowest BCUT2D eigenvalue weighted by Crippen LogP contribution is -2.42. The summed E-state index contributed by atoms with van der Waals surface area (Å²) in [6, 6.07) is 0. The van der Waals surface area contributed by atoms with Gasteiger partial charge in [-0.05, 0) is 82.3 Å². The van der Waals surface area contributed by atoms with Crippen LogP contribution in [0, 0.1) is 29.6 Å². The number of methoxy groups -OCH3 is 3. The molecule has 0 radical (unpaired) electrons. The molecule has 11 atom stereocenters. The van der Waals surface area contributed by atoms with E-state index in [-0.39, 0.29) is 42.0 Å². The van der Waals surface area contributed by atoms with Gasteiger partial charge in [0, 0.05) is 33.2 Å². The molecule has 4 N–H and O–H groups in total. The number of carboxylic acid groups (broad SMARTS) is 1. The standard InChI is InChI=1S/C36H62O9/c1-10-11-28(17-22(2)16-23(3)18-32(44-8)35(40)33(45-9)20-26(6)36(41)42)29(37)14-12-24(4)34(39)25(5)19-27-13-15-30(38)31(21-27)43-7/h12,14,17,19,23-24,26-28,30-35,38-40H,10-11,13,15-16,18,20-21H2,1-9H3,(H,41,42). The second-order valence-electron chi connectivity index (χ2n) is 13.4. The Kier molecular flexibility index (Phi) is 19.3. The predicted molar refractivity (Wildman–Crippen MR) is 177 cm³/mol. The normalized spacial score (nSPS) is 25.3. The lowest BCUT2D eigenvalue weighted by molar-refractivity contribution is -0.145. The number of hydrogen-bond donors (Lipinski definition) is 4. The third kappa shape index (κ3) is 14.2. The van der Waals surface area contributed by atoms with Crippen molar-refractivity contribution in [3.05, 3.63) is 35.5 Å². The van der Waals surface area contributed by atoms with Crippen LogP contribution in [0.1, 0.15) is 92.9 Å². The lowest BCUT2D eigenvalue weighted by atomic mass is 9.83. The van der Waals surface area contributed by atoms with E-state index >= 15 is 0 Å². The van der Waals surface area contributed by atoms with Crippen molar-refractivity contribution in [1.29, 1.82) is 0 Å². The number of aliphatic hydroxyl groups is 3. The summed E-state index contributed by atoms with van der Waals surface area (Å²) in [5, 5.41) is 41.2. The Balaban J connectivity index is 2.83. The topological polar surface area (TPSA) is 143 Å². The maximum Gasteiger partial charge on any atom is 0.306 e. The van der Waals surface area contributed by atoms with Crippen molar-refractivity contribution in [3.8, 4) is 0 Å². The minimum absolute atomic E-state index is 0.00872. The third-order valence-electron chi connectivity index (χ3n) is 9.26. The van der Waals surface area contributed by atoms with E-state index < -0.39 is 42.4 Å². The van der Waals surface area contributed by atoms with Gasteiger partial charge in [0.25, 0.3) is 0 Å². The second-order valence-corrected chi connectivity index (χ2v) is 13.4. The number of ketones is 1. The van der Waals surface area contributed by atoms with E-state index in [9.17, 15) is 30.0 Å². The van der Waals surface area contributed by atoms with Crippen LogP contribution in [0.4, 0.5) is 0 Å². The van der Waals surface area contributed by atoms with Gasteiger partial charge in [0.2, 0.25) is 0 Å². The number of hydrogen-bond acceptors (Lipinski definition) is 8. The minimum Gasteiger partial charge on any atom is -0.481 e. The van der Waals surface area contributed by atoms with E-state index in [2.05, 4.69) is 19.9 Å². The molecule has 1 aliphatic carbocycles. The van der Waals surface area contributed by atoms with E-state index in [1.807, 2.05) is 26.8 Å². The van der Waals surface area contributed by atoms with Gasteiger partial charge < -0.3 is 34.6 Å². The first kappa shape index (κ1) is 41.1. The monoisotopic (exact) mass is 638 g/mol. The molecular formula is C36H62O9. The molecule has 1 aliphatic rings. The molecule has 9 heteroatoms. The summed E-state index contributed by atoms with van der Waals surface area (Å²) in [6.45, 7) is 11.5. The summed E-state index contributed by atoms with van der Waals surface area (Å²) >= 11 is 0. The number of carboxylic acids is 1. The van der Waals surface area contributed by atoms with Crippen LogP contribution in [0.25, 0.3) is 0 Å². The summed E-state index contributed by atoms with van der Waals surface area (Å²) in [4.78, 5) is 24.5. The molecule has 0 aromatic carbocycles. The fraction of sp³-hybridized carbons (Fsp3) is 0.778. The van der Waals surface area contributed by atoms with E-state index in [1.165, 1.54) is 14.2 Å². The van der Waals surface area contributed by atoms with Gasteiger partial charge >= 0.3 is 5.97 Å².